The Morgan fingerprint density at radius 3 is 2.59 bits per heavy atom. The highest BCUT2D eigenvalue weighted by molar-refractivity contribution is 8.26. The monoisotopic (exact) mass is 518 g/mol. The summed E-state index contributed by atoms with van der Waals surface area (Å²) in [6.07, 6.45) is 4.97. The van der Waals surface area contributed by atoms with Crippen molar-refractivity contribution in [3.8, 4) is 17.2 Å². The van der Waals surface area contributed by atoms with E-state index in [1.54, 1.807) is 31.4 Å². The Kier molecular flexibility index (Phi) is 8.45. The summed E-state index contributed by atoms with van der Waals surface area (Å²) in [5.74, 6) is 1.84. The number of carbonyl (C=O) groups excluding carboxylic acids is 1. The number of ether oxygens (including phenoxy) is 3. The van der Waals surface area contributed by atoms with Gasteiger partial charge in [-0.15, -0.1) is 6.58 Å². The summed E-state index contributed by atoms with van der Waals surface area (Å²) in [7, 11) is 1.55. The zero-order valence-corrected chi connectivity index (χ0v) is 22.0. The predicted molar refractivity (Wildman–Crippen MR) is 149 cm³/mol. The van der Waals surface area contributed by atoms with Crippen LogP contribution in [0, 0.1) is 11.3 Å². The van der Waals surface area contributed by atoms with Crippen molar-refractivity contribution in [1.82, 2.24) is 5.01 Å². The van der Waals surface area contributed by atoms with Crippen LogP contribution in [0.3, 0.4) is 0 Å². The Bertz CT molecular complexity index is 1300. The van der Waals surface area contributed by atoms with Crippen molar-refractivity contribution in [1.29, 1.82) is 5.41 Å². The Morgan fingerprint density at radius 1 is 1.11 bits per heavy atom. The molecule has 1 amide bonds. The average molecular weight is 519 g/mol. The molecule has 0 spiro atoms. The molecule has 2 aromatic rings. The highest BCUT2D eigenvalue weighted by atomic mass is 32.2. The molecule has 0 saturated heterocycles. The van der Waals surface area contributed by atoms with E-state index in [9.17, 15) is 4.79 Å². The maximum atomic E-state index is 12.7. The predicted octanol–water partition coefficient (Wildman–Crippen LogP) is 5.55. The van der Waals surface area contributed by atoms with Crippen molar-refractivity contribution in [3.05, 3.63) is 71.8 Å². The molecular formula is C28H30N4O4S. The number of amides is 1. The van der Waals surface area contributed by atoms with Crippen LogP contribution in [0.4, 0.5) is 0 Å². The summed E-state index contributed by atoms with van der Waals surface area (Å²) < 4.78 is 17.3. The summed E-state index contributed by atoms with van der Waals surface area (Å²) in [4.78, 5) is 16.8. The van der Waals surface area contributed by atoms with E-state index in [4.69, 9.17) is 19.6 Å². The van der Waals surface area contributed by atoms with Crippen LogP contribution in [0.25, 0.3) is 6.08 Å². The molecule has 9 heteroatoms. The molecule has 0 aromatic heterocycles. The van der Waals surface area contributed by atoms with Gasteiger partial charge in [0.2, 0.25) is 5.17 Å². The smallest absolute Gasteiger partial charge is 0.283 e. The topological polar surface area (TPSA) is 96.6 Å². The van der Waals surface area contributed by atoms with E-state index >= 15 is 0 Å². The molecule has 0 fully saturated rings. The number of methoxy groups -OCH3 is 1. The first-order valence-electron chi connectivity index (χ1n) is 12.0. The molecule has 2 heterocycles. The zero-order valence-electron chi connectivity index (χ0n) is 21.2. The Morgan fingerprint density at radius 2 is 1.86 bits per heavy atom. The molecule has 0 unspecified atom stereocenters. The number of nitrogens with one attached hydrogen (secondary N) is 1. The van der Waals surface area contributed by atoms with Crippen LogP contribution < -0.4 is 14.2 Å². The van der Waals surface area contributed by atoms with E-state index in [-0.39, 0.29) is 11.4 Å². The molecule has 1 N–H and O–H groups in total. The maximum Gasteiger partial charge on any atom is 0.283 e. The van der Waals surface area contributed by atoms with Gasteiger partial charge in [0.25, 0.3) is 5.91 Å². The molecule has 192 valence electrons. The first kappa shape index (κ1) is 26.2. The molecule has 2 aromatic carbocycles. The molecule has 37 heavy (non-hydrogen) atoms. The number of fused-ring (bicyclic) bond motifs is 1. The van der Waals surface area contributed by atoms with E-state index in [0.717, 1.165) is 29.2 Å². The van der Waals surface area contributed by atoms with Gasteiger partial charge in [-0.05, 0) is 59.5 Å². The second-order valence-corrected chi connectivity index (χ2v) is 9.86. The molecule has 2 aliphatic rings. The molecule has 0 bridgehead atoms. The van der Waals surface area contributed by atoms with Gasteiger partial charge in [0.05, 0.1) is 12.7 Å². The van der Waals surface area contributed by atoms with E-state index in [2.05, 4.69) is 30.5 Å². The van der Waals surface area contributed by atoms with Gasteiger partial charge in [0.1, 0.15) is 24.0 Å². The molecule has 4 rings (SSSR count). The Labute approximate surface area is 221 Å². The number of rotatable bonds is 11. The van der Waals surface area contributed by atoms with E-state index in [1.807, 2.05) is 30.3 Å². The summed E-state index contributed by atoms with van der Waals surface area (Å²) in [6, 6.07) is 13.2. The minimum atomic E-state index is -0.460. The summed E-state index contributed by atoms with van der Waals surface area (Å²) in [5.41, 5.74) is 1.92. The van der Waals surface area contributed by atoms with Crippen molar-refractivity contribution >= 4 is 39.8 Å². The second kappa shape index (κ2) is 11.9. The zero-order chi connectivity index (χ0) is 26.4. The number of hydrogen-bond acceptors (Lipinski definition) is 7. The molecule has 0 atom stereocenters. The third-order valence-corrected chi connectivity index (χ3v) is 6.44. The number of hydrogen-bond donors (Lipinski definition) is 1. The molecule has 0 saturated carbocycles. The highest BCUT2D eigenvalue weighted by Crippen LogP contribution is 2.32. The lowest BCUT2D eigenvalue weighted by Crippen LogP contribution is -2.35. The van der Waals surface area contributed by atoms with Gasteiger partial charge >= 0.3 is 0 Å². The van der Waals surface area contributed by atoms with Gasteiger partial charge in [-0.25, -0.2) is 0 Å². The number of benzene rings is 2. The number of hydrazone groups is 1. The number of amidine groups is 2. The minimum absolute atomic E-state index is 0.00873. The van der Waals surface area contributed by atoms with Crippen molar-refractivity contribution in [2.45, 2.75) is 26.7 Å². The molecule has 0 radical (unpaired) electrons. The average Bonchev–Trinajstić information content (AvgIpc) is 3.27. The number of aliphatic imine (C=N–C) groups is 1. The van der Waals surface area contributed by atoms with Crippen LogP contribution in [-0.2, 0) is 11.2 Å². The lowest BCUT2D eigenvalue weighted by atomic mass is 10.1. The molecule has 2 aliphatic heterocycles. The fourth-order valence-electron chi connectivity index (χ4n) is 3.80. The fraction of sp³-hybridized carbons (Fsp3) is 0.286. The lowest BCUT2D eigenvalue weighted by Gasteiger charge is -2.20. The molecule has 0 aliphatic carbocycles. The Balaban J connectivity index is 1.43. The maximum absolute atomic E-state index is 12.7. The minimum Gasteiger partial charge on any atom is -0.493 e. The third-order valence-electron chi connectivity index (χ3n) is 5.51. The third kappa shape index (κ3) is 6.29. The normalized spacial score (nSPS) is 16.0. The van der Waals surface area contributed by atoms with Crippen molar-refractivity contribution in [3.63, 3.8) is 0 Å². The van der Waals surface area contributed by atoms with Crippen molar-refractivity contribution in [2.75, 3.05) is 20.3 Å². The molecule has 8 nitrogen and oxygen atoms in total. The van der Waals surface area contributed by atoms with Gasteiger partial charge < -0.3 is 14.2 Å². The van der Waals surface area contributed by atoms with Crippen LogP contribution in [0.15, 0.2) is 70.8 Å². The highest BCUT2D eigenvalue weighted by Gasteiger charge is 2.35. The standard InChI is InChI=1S/C28H30N4O4S/c1-5-8-20-9-6-7-10-22(20)35-13-14-36-23-12-11-19(17-24(23)34-4)16-21-26(29)32-28(30-27(21)33)37-25(31-32)15-18(2)3/h5-7,9-12,16-18,29H,1,8,13-15H2,2-4H3/b21-16-,29-26?. The van der Waals surface area contributed by atoms with Crippen LogP contribution in [-0.4, -0.2) is 47.3 Å². The second-order valence-electron chi connectivity index (χ2n) is 8.82. The number of allylic oxidation sites excluding steroid dienone is 1. The number of para-hydroxylation sites is 1. The quantitative estimate of drug-likeness (QED) is 0.238. The van der Waals surface area contributed by atoms with Gasteiger partial charge in [-0.3, -0.25) is 10.2 Å². The first-order chi connectivity index (χ1) is 17.9. The SMILES string of the molecule is C=CCc1ccccc1OCCOc1ccc(/C=C2/C(=N)N3N=C(CC(C)C)SC3=NC2=O)cc1OC. The van der Waals surface area contributed by atoms with Crippen molar-refractivity contribution in [2.24, 2.45) is 16.0 Å². The summed E-state index contributed by atoms with van der Waals surface area (Å²) in [6.45, 7) is 8.67. The van der Waals surface area contributed by atoms with E-state index in [0.29, 0.717) is 41.4 Å². The summed E-state index contributed by atoms with van der Waals surface area (Å²) in [5, 5.41) is 15.7. The van der Waals surface area contributed by atoms with Crippen molar-refractivity contribution < 1.29 is 19.0 Å². The van der Waals surface area contributed by atoms with Gasteiger partial charge in [-0.1, -0.05) is 44.2 Å². The van der Waals surface area contributed by atoms with Crippen LogP contribution in [0.1, 0.15) is 31.4 Å². The van der Waals surface area contributed by atoms with Crippen LogP contribution in [0.5, 0.6) is 17.2 Å². The largest absolute Gasteiger partial charge is 0.493 e. The Hall–Kier alpha value is -3.85. The van der Waals surface area contributed by atoms with Crippen LogP contribution in [0.2, 0.25) is 0 Å². The first-order valence-corrected chi connectivity index (χ1v) is 12.8. The van der Waals surface area contributed by atoms with E-state index in [1.165, 1.54) is 16.8 Å². The lowest BCUT2D eigenvalue weighted by molar-refractivity contribution is -0.114. The molecular weight excluding hydrogens is 488 g/mol. The van der Waals surface area contributed by atoms with Gasteiger partial charge in [0, 0.05) is 6.42 Å². The number of thioether (sulfide) groups is 1. The van der Waals surface area contributed by atoms with Gasteiger partial charge in [0.15, 0.2) is 17.3 Å². The summed E-state index contributed by atoms with van der Waals surface area (Å²) >= 11 is 1.34. The van der Waals surface area contributed by atoms with Gasteiger partial charge in [-0.2, -0.15) is 15.1 Å². The van der Waals surface area contributed by atoms with E-state index < -0.39 is 5.91 Å². The fourth-order valence-corrected chi connectivity index (χ4v) is 4.89. The number of carbonyl (C=O) groups is 1. The van der Waals surface area contributed by atoms with Crippen LogP contribution >= 0.6 is 11.8 Å². The number of nitrogens with zero attached hydrogens (tertiary/aromatic N) is 3.